The first-order chi connectivity index (χ1) is 8.44. The summed E-state index contributed by atoms with van der Waals surface area (Å²) in [5, 5.41) is 2.93. The SMILES string of the molecule is CNc1cc(N2CCC(C)(C(N)=O)C2)nc(N)n1. The molecule has 18 heavy (non-hydrogen) atoms. The Bertz CT molecular complexity index is 477. The number of carbonyl (C=O) groups is 1. The van der Waals surface area contributed by atoms with Gasteiger partial charge in [-0.2, -0.15) is 9.97 Å². The molecule has 0 aromatic carbocycles. The summed E-state index contributed by atoms with van der Waals surface area (Å²) in [6.45, 7) is 3.17. The van der Waals surface area contributed by atoms with Crippen LogP contribution in [0.25, 0.3) is 0 Å². The zero-order valence-corrected chi connectivity index (χ0v) is 10.6. The maximum Gasteiger partial charge on any atom is 0.225 e. The normalized spacial score (nSPS) is 23.1. The Morgan fingerprint density at radius 1 is 1.56 bits per heavy atom. The van der Waals surface area contributed by atoms with E-state index in [0.29, 0.717) is 12.4 Å². The molecule has 1 aromatic heterocycles. The molecule has 1 unspecified atom stereocenters. The second-order valence-electron chi connectivity index (χ2n) is 4.82. The number of anilines is 3. The van der Waals surface area contributed by atoms with Crippen LogP contribution in [0.5, 0.6) is 0 Å². The molecule has 1 saturated heterocycles. The van der Waals surface area contributed by atoms with Gasteiger partial charge in [-0.15, -0.1) is 0 Å². The van der Waals surface area contributed by atoms with Crippen molar-refractivity contribution in [3.63, 3.8) is 0 Å². The Hall–Kier alpha value is -2.05. The minimum absolute atomic E-state index is 0.213. The summed E-state index contributed by atoms with van der Waals surface area (Å²) < 4.78 is 0. The maximum absolute atomic E-state index is 11.4. The van der Waals surface area contributed by atoms with E-state index in [9.17, 15) is 4.79 Å². The predicted molar refractivity (Wildman–Crippen MR) is 70.1 cm³/mol. The van der Waals surface area contributed by atoms with Gasteiger partial charge in [0.1, 0.15) is 11.6 Å². The van der Waals surface area contributed by atoms with Gasteiger partial charge in [-0.3, -0.25) is 4.79 Å². The summed E-state index contributed by atoms with van der Waals surface area (Å²) in [7, 11) is 1.77. The van der Waals surface area contributed by atoms with Crippen molar-refractivity contribution in [3.05, 3.63) is 6.07 Å². The molecule has 1 fully saturated rings. The predicted octanol–water partition coefficient (Wildman–Crippen LogP) is -0.198. The molecule has 0 radical (unpaired) electrons. The molecule has 0 spiro atoms. The summed E-state index contributed by atoms with van der Waals surface area (Å²) in [5.74, 6) is 1.31. The van der Waals surface area contributed by atoms with E-state index < -0.39 is 5.41 Å². The van der Waals surface area contributed by atoms with Crippen molar-refractivity contribution in [1.29, 1.82) is 0 Å². The number of nitrogens with one attached hydrogen (secondary N) is 1. The largest absolute Gasteiger partial charge is 0.373 e. The van der Waals surface area contributed by atoms with Crippen LogP contribution in [0.1, 0.15) is 13.3 Å². The first-order valence-corrected chi connectivity index (χ1v) is 5.82. The highest BCUT2D eigenvalue weighted by atomic mass is 16.1. The highest BCUT2D eigenvalue weighted by Gasteiger charge is 2.39. The maximum atomic E-state index is 11.4. The summed E-state index contributed by atoms with van der Waals surface area (Å²) >= 11 is 0. The number of aromatic nitrogens is 2. The molecular weight excluding hydrogens is 232 g/mol. The van der Waals surface area contributed by atoms with Crippen LogP contribution in [-0.4, -0.2) is 36.0 Å². The van der Waals surface area contributed by atoms with Crippen LogP contribution >= 0.6 is 0 Å². The van der Waals surface area contributed by atoms with Gasteiger partial charge in [0.25, 0.3) is 0 Å². The lowest BCUT2D eigenvalue weighted by atomic mass is 9.89. The summed E-state index contributed by atoms with van der Waals surface area (Å²) in [4.78, 5) is 21.6. The van der Waals surface area contributed by atoms with Gasteiger partial charge in [-0.1, -0.05) is 0 Å². The monoisotopic (exact) mass is 250 g/mol. The van der Waals surface area contributed by atoms with Gasteiger partial charge in [0.05, 0.1) is 5.41 Å². The van der Waals surface area contributed by atoms with E-state index in [0.717, 1.165) is 18.8 Å². The van der Waals surface area contributed by atoms with E-state index in [1.165, 1.54) is 0 Å². The minimum atomic E-state index is -0.500. The van der Waals surface area contributed by atoms with Crippen molar-refractivity contribution in [1.82, 2.24) is 9.97 Å². The third-order valence-corrected chi connectivity index (χ3v) is 3.38. The van der Waals surface area contributed by atoms with E-state index in [-0.39, 0.29) is 11.9 Å². The van der Waals surface area contributed by atoms with Gasteiger partial charge >= 0.3 is 0 Å². The number of carbonyl (C=O) groups excluding carboxylic acids is 1. The summed E-state index contributed by atoms with van der Waals surface area (Å²) in [6.07, 6.45) is 0.723. The standard InChI is InChI=1S/C11H18N6O/c1-11(9(12)18)3-4-17(6-11)8-5-7(14-2)15-10(13)16-8/h5H,3-4,6H2,1-2H3,(H2,12,18)(H3,13,14,15,16). The number of nitrogens with zero attached hydrogens (tertiary/aromatic N) is 3. The quantitative estimate of drug-likeness (QED) is 0.685. The highest BCUT2D eigenvalue weighted by Crippen LogP contribution is 2.32. The van der Waals surface area contributed by atoms with Crippen molar-refractivity contribution in [3.8, 4) is 0 Å². The van der Waals surface area contributed by atoms with Crippen LogP contribution in [0.4, 0.5) is 17.6 Å². The van der Waals surface area contributed by atoms with Crippen molar-refractivity contribution in [2.75, 3.05) is 36.1 Å². The van der Waals surface area contributed by atoms with Gasteiger partial charge in [-0.25, -0.2) is 0 Å². The number of amides is 1. The molecule has 5 N–H and O–H groups in total. The smallest absolute Gasteiger partial charge is 0.225 e. The molecule has 1 aromatic rings. The molecule has 1 atom stereocenters. The Morgan fingerprint density at radius 3 is 2.83 bits per heavy atom. The van der Waals surface area contributed by atoms with E-state index in [1.807, 2.05) is 17.9 Å². The number of primary amides is 1. The first-order valence-electron chi connectivity index (χ1n) is 5.82. The number of rotatable bonds is 3. The van der Waals surface area contributed by atoms with Crippen molar-refractivity contribution < 1.29 is 4.79 Å². The molecule has 2 rings (SSSR count). The Kier molecular flexibility index (Phi) is 2.98. The fraction of sp³-hybridized carbons (Fsp3) is 0.545. The van der Waals surface area contributed by atoms with Gasteiger partial charge in [0.2, 0.25) is 11.9 Å². The topological polar surface area (TPSA) is 110 Å². The third-order valence-electron chi connectivity index (χ3n) is 3.38. The van der Waals surface area contributed by atoms with Gasteiger partial charge in [0.15, 0.2) is 0 Å². The van der Waals surface area contributed by atoms with Crippen LogP contribution in [0.15, 0.2) is 6.07 Å². The van der Waals surface area contributed by atoms with E-state index in [1.54, 1.807) is 7.05 Å². The molecule has 1 amide bonds. The van der Waals surface area contributed by atoms with Crippen molar-refractivity contribution in [2.45, 2.75) is 13.3 Å². The summed E-state index contributed by atoms with van der Waals surface area (Å²) in [6, 6.07) is 1.81. The van der Waals surface area contributed by atoms with E-state index >= 15 is 0 Å². The Balaban J connectivity index is 2.24. The van der Waals surface area contributed by atoms with Crippen LogP contribution in [0.2, 0.25) is 0 Å². The van der Waals surface area contributed by atoms with E-state index in [4.69, 9.17) is 11.5 Å². The second kappa shape index (κ2) is 4.32. The van der Waals surface area contributed by atoms with Crippen molar-refractivity contribution in [2.24, 2.45) is 11.1 Å². The fourth-order valence-corrected chi connectivity index (χ4v) is 2.10. The molecule has 2 heterocycles. The summed E-state index contributed by atoms with van der Waals surface area (Å²) in [5.41, 5.74) is 10.6. The van der Waals surface area contributed by atoms with Crippen molar-refractivity contribution >= 4 is 23.5 Å². The zero-order chi connectivity index (χ0) is 13.3. The highest BCUT2D eigenvalue weighted by molar-refractivity contribution is 5.82. The molecule has 0 aliphatic carbocycles. The molecule has 0 bridgehead atoms. The number of nitrogen functional groups attached to an aromatic ring is 1. The number of hydrogen-bond acceptors (Lipinski definition) is 6. The molecule has 0 saturated carbocycles. The van der Waals surface area contributed by atoms with Crippen LogP contribution in [0.3, 0.4) is 0 Å². The molecular formula is C11H18N6O. The van der Waals surface area contributed by atoms with Crippen LogP contribution in [-0.2, 0) is 4.79 Å². The Morgan fingerprint density at radius 2 is 2.28 bits per heavy atom. The third kappa shape index (κ3) is 2.15. The number of nitrogens with two attached hydrogens (primary N) is 2. The molecule has 1 aliphatic rings. The zero-order valence-electron chi connectivity index (χ0n) is 10.6. The lowest BCUT2D eigenvalue weighted by Crippen LogP contribution is -2.37. The van der Waals surface area contributed by atoms with Gasteiger partial charge in [-0.05, 0) is 13.3 Å². The second-order valence-corrected chi connectivity index (χ2v) is 4.82. The minimum Gasteiger partial charge on any atom is -0.373 e. The lowest BCUT2D eigenvalue weighted by molar-refractivity contribution is -0.125. The first kappa shape index (κ1) is 12.4. The fourth-order valence-electron chi connectivity index (χ4n) is 2.10. The molecule has 1 aliphatic heterocycles. The van der Waals surface area contributed by atoms with Crippen LogP contribution < -0.4 is 21.7 Å². The van der Waals surface area contributed by atoms with E-state index in [2.05, 4.69) is 15.3 Å². The van der Waals surface area contributed by atoms with Gasteiger partial charge < -0.3 is 21.7 Å². The lowest BCUT2D eigenvalue weighted by Gasteiger charge is -2.22. The Labute approximate surface area is 106 Å². The molecule has 7 nitrogen and oxygen atoms in total. The number of hydrogen-bond donors (Lipinski definition) is 3. The van der Waals surface area contributed by atoms with Gasteiger partial charge in [0, 0.05) is 26.2 Å². The average Bonchev–Trinajstić information content (AvgIpc) is 2.72. The van der Waals surface area contributed by atoms with Crippen LogP contribution in [0, 0.1) is 5.41 Å². The molecule has 98 valence electrons. The molecule has 7 heteroatoms. The average molecular weight is 250 g/mol.